The third-order valence-electron chi connectivity index (χ3n) is 6.33. The Morgan fingerprint density at radius 1 is 1.07 bits per heavy atom. The fraction of sp³-hybridized carbons (Fsp3) is 0.435. The minimum atomic E-state index is -0.0899. The first-order chi connectivity index (χ1) is 13.2. The molecule has 1 fully saturated rings. The van der Waals surface area contributed by atoms with Gasteiger partial charge in [0.25, 0.3) is 5.91 Å². The quantitative estimate of drug-likeness (QED) is 0.891. The van der Waals surface area contributed by atoms with Crippen LogP contribution in [0.1, 0.15) is 46.3 Å². The maximum Gasteiger partial charge on any atom is 0.252 e. The minimum Gasteiger partial charge on any atom is -0.493 e. The van der Waals surface area contributed by atoms with Gasteiger partial charge in [-0.15, -0.1) is 0 Å². The van der Waals surface area contributed by atoms with Crippen molar-refractivity contribution in [1.82, 2.24) is 10.2 Å². The summed E-state index contributed by atoms with van der Waals surface area (Å²) >= 11 is 0. The zero-order valence-electron chi connectivity index (χ0n) is 15.7. The molecule has 3 aliphatic heterocycles. The number of carbonyl (C=O) groups excluding carboxylic acids is 1. The zero-order valence-corrected chi connectivity index (χ0v) is 15.7. The predicted molar refractivity (Wildman–Crippen MR) is 105 cm³/mol. The highest BCUT2D eigenvalue weighted by atomic mass is 16.5. The van der Waals surface area contributed by atoms with E-state index in [9.17, 15) is 4.79 Å². The number of ether oxygens (including phenoxy) is 1. The Balaban J connectivity index is 1.29. The molecule has 5 rings (SSSR count). The fourth-order valence-corrected chi connectivity index (χ4v) is 4.87. The molecule has 2 aromatic rings. The molecular formula is C23H26N2O2. The van der Waals surface area contributed by atoms with E-state index >= 15 is 0 Å². The Kier molecular flexibility index (Phi) is 4.16. The number of hydrogen-bond acceptors (Lipinski definition) is 3. The van der Waals surface area contributed by atoms with Crippen LogP contribution in [0.2, 0.25) is 0 Å². The first-order valence-corrected chi connectivity index (χ1v) is 10.1. The minimum absolute atomic E-state index is 0.0899. The number of nitrogens with zero attached hydrogens (tertiary/aromatic N) is 1. The molecule has 1 unspecified atom stereocenters. The van der Waals surface area contributed by atoms with Crippen LogP contribution in [-0.4, -0.2) is 36.0 Å². The van der Waals surface area contributed by atoms with E-state index in [0.29, 0.717) is 0 Å². The van der Waals surface area contributed by atoms with Crippen LogP contribution >= 0.6 is 0 Å². The normalized spacial score (nSPS) is 24.7. The first-order valence-electron chi connectivity index (χ1n) is 10.1. The summed E-state index contributed by atoms with van der Waals surface area (Å²) in [6.45, 7) is 3.74. The van der Waals surface area contributed by atoms with Gasteiger partial charge in [0.2, 0.25) is 0 Å². The van der Waals surface area contributed by atoms with Gasteiger partial charge in [0.1, 0.15) is 5.75 Å². The SMILES string of the molecule is O=C1NC2(CCc3ccccc31)CCN(Cc1ccc3c(c1)CCCO3)C2. The second-order valence-electron chi connectivity index (χ2n) is 8.25. The Bertz CT molecular complexity index is 878. The molecule has 0 saturated carbocycles. The molecular weight excluding hydrogens is 336 g/mol. The van der Waals surface area contributed by atoms with Gasteiger partial charge >= 0.3 is 0 Å². The lowest BCUT2D eigenvalue weighted by atomic mass is 9.91. The Labute approximate surface area is 160 Å². The molecule has 0 aliphatic carbocycles. The molecule has 1 amide bonds. The highest BCUT2D eigenvalue weighted by molar-refractivity contribution is 5.96. The van der Waals surface area contributed by atoms with Gasteiger partial charge in [0, 0.05) is 25.2 Å². The molecule has 140 valence electrons. The monoisotopic (exact) mass is 362 g/mol. The van der Waals surface area contributed by atoms with Gasteiger partial charge in [-0.3, -0.25) is 9.69 Å². The average Bonchev–Trinajstić information content (AvgIpc) is 3.02. The summed E-state index contributed by atoms with van der Waals surface area (Å²) in [4.78, 5) is 15.2. The lowest BCUT2D eigenvalue weighted by Crippen LogP contribution is -2.49. The highest BCUT2D eigenvalue weighted by Crippen LogP contribution is 2.32. The van der Waals surface area contributed by atoms with Crippen molar-refractivity contribution >= 4 is 5.91 Å². The second kappa shape index (κ2) is 6.68. The highest BCUT2D eigenvalue weighted by Gasteiger charge is 2.41. The van der Waals surface area contributed by atoms with Crippen molar-refractivity contribution < 1.29 is 9.53 Å². The molecule has 1 saturated heterocycles. The van der Waals surface area contributed by atoms with Crippen molar-refractivity contribution in [3.05, 3.63) is 64.7 Å². The molecule has 27 heavy (non-hydrogen) atoms. The van der Waals surface area contributed by atoms with Crippen LogP contribution in [0, 0.1) is 0 Å². The number of nitrogens with one attached hydrogen (secondary N) is 1. The zero-order chi connectivity index (χ0) is 18.3. The van der Waals surface area contributed by atoms with Gasteiger partial charge < -0.3 is 10.1 Å². The van der Waals surface area contributed by atoms with Gasteiger partial charge in [-0.1, -0.05) is 30.3 Å². The molecule has 3 heterocycles. The summed E-state index contributed by atoms with van der Waals surface area (Å²) < 4.78 is 5.73. The van der Waals surface area contributed by atoms with E-state index in [1.54, 1.807) is 0 Å². The van der Waals surface area contributed by atoms with Crippen LogP contribution < -0.4 is 10.1 Å². The molecule has 3 aliphatic rings. The van der Waals surface area contributed by atoms with Crippen molar-refractivity contribution in [2.24, 2.45) is 0 Å². The summed E-state index contributed by atoms with van der Waals surface area (Å²) in [5.41, 5.74) is 4.63. The van der Waals surface area contributed by atoms with Crippen LogP contribution in [0.4, 0.5) is 0 Å². The number of benzene rings is 2. The van der Waals surface area contributed by atoms with E-state index in [4.69, 9.17) is 4.74 Å². The Hall–Kier alpha value is -2.33. The number of rotatable bonds is 2. The third-order valence-corrected chi connectivity index (χ3v) is 6.33. The van der Waals surface area contributed by atoms with Crippen molar-refractivity contribution in [1.29, 1.82) is 0 Å². The van der Waals surface area contributed by atoms with E-state index in [2.05, 4.69) is 34.5 Å². The number of aryl methyl sites for hydroxylation is 2. The number of hydrogen-bond donors (Lipinski definition) is 1. The van der Waals surface area contributed by atoms with Crippen LogP contribution in [0.3, 0.4) is 0 Å². The third kappa shape index (κ3) is 3.23. The van der Waals surface area contributed by atoms with Gasteiger partial charge in [-0.05, 0) is 60.9 Å². The first kappa shape index (κ1) is 16.8. The summed E-state index contributed by atoms with van der Waals surface area (Å²) in [7, 11) is 0. The van der Waals surface area contributed by atoms with Crippen molar-refractivity contribution in [3.8, 4) is 5.75 Å². The molecule has 0 radical (unpaired) electrons. The van der Waals surface area contributed by atoms with Crippen LogP contribution in [0.5, 0.6) is 5.75 Å². The number of fused-ring (bicyclic) bond motifs is 2. The van der Waals surface area contributed by atoms with E-state index in [1.807, 2.05) is 18.2 Å². The topological polar surface area (TPSA) is 41.6 Å². The van der Waals surface area contributed by atoms with Crippen molar-refractivity contribution in [2.45, 2.75) is 44.2 Å². The lowest BCUT2D eigenvalue weighted by Gasteiger charge is -2.29. The van der Waals surface area contributed by atoms with E-state index in [1.165, 1.54) is 16.7 Å². The smallest absolute Gasteiger partial charge is 0.252 e. The summed E-state index contributed by atoms with van der Waals surface area (Å²) in [5.74, 6) is 1.15. The standard InChI is InChI=1S/C23H26N2O2/c26-22-20-6-2-1-4-18(20)9-10-23(24-22)11-12-25(16-23)15-17-7-8-21-19(14-17)5-3-13-27-21/h1-2,4,6-8,14H,3,5,9-13,15-16H2,(H,24,26). The average molecular weight is 362 g/mol. The van der Waals surface area contributed by atoms with Gasteiger partial charge in [-0.2, -0.15) is 0 Å². The van der Waals surface area contributed by atoms with Gasteiger partial charge in [0.15, 0.2) is 0 Å². The molecule has 4 nitrogen and oxygen atoms in total. The van der Waals surface area contributed by atoms with Crippen LogP contribution in [0.25, 0.3) is 0 Å². The van der Waals surface area contributed by atoms with E-state index < -0.39 is 0 Å². The predicted octanol–water partition coefficient (Wildman–Crippen LogP) is 3.33. The second-order valence-corrected chi connectivity index (χ2v) is 8.25. The van der Waals surface area contributed by atoms with E-state index in [-0.39, 0.29) is 11.4 Å². The number of amides is 1. The molecule has 0 bridgehead atoms. The Morgan fingerprint density at radius 3 is 2.96 bits per heavy atom. The fourth-order valence-electron chi connectivity index (χ4n) is 4.87. The Morgan fingerprint density at radius 2 is 2.00 bits per heavy atom. The number of carbonyl (C=O) groups is 1. The maximum absolute atomic E-state index is 12.7. The molecule has 2 aromatic carbocycles. The lowest BCUT2D eigenvalue weighted by molar-refractivity contribution is 0.0902. The van der Waals surface area contributed by atoms with Gasteiger partial charge in [-0.25, -0.2) is 0 Å². The summed E-state index contributed by atoms with van der Waals surface area (Å²) in [5, 5.41) is 3.38. The van der Waals surface area contributed by atoms with Crippen LogP contribution in [-0.2, 0) is 19.4 Å². The van der Waals surface area contributed by atoms with Crippen molar-refractivity contribution in [2.75, 3.05) is 19.7 Å². The molecule has 1 spiro atoms. The molecule has 1 atom stereocenters. The van der Waals surface area contributed by atoms with Crippen LogP contribution in [0.15, 0.2) is 42.5 Å². The molecule has 4 heteroatoms. The largest absolute Gasteiger partial charge is 0.493 e. The van der Waals surface area contributed by atoms with Gasteiger partial charge in [0.05, 0.1) is 12.1 Å². The maximum atomic E-state index is 12.7. The van der Waals surface area contributed by atoms with E-state index in [0.717, 1.165) is 69.7 Å². The van der Waals surface area contributed by atoms with Crippen molar-refractivity contribution in [3.63, 3.8) is 0 Å². The molecule has 0 aromatic heterocycles. The summed E-state index contributed by atoms with van der Waals surface area (Å²) in [6, 6.07) is 14.7. The number of likely N-dealkylation sites (tertiary alicyclic amines) is 1. The summed E-state index contributed by atoms with van der Waals surface area (Å²) in [6.07, 6.45) is 5.24. The molecule has 1 N–H and O–H groups in total.